The number of carboxylic acids is 2. The number of fused-ring (bicyclic) bond motifs is 1. The van der Waals surface area contributed by atoms with Crippen LogP contribution in [0.3, 0.4) is 0 Å². The molecule has 2 saturated heterocycles. The highest BCUT2D eigenvalue weighted by molar-refractivity contribution is 5.98. The van der Waals surface area contributed by atoms with Crippen LogP contribution in [0.25, 0.3) is 0 Å². The molecular weight excluding hydrogens is 380 g/mol. The van der Waals surface area contributed by atoms with Crippen LogP contribution in [0.5, 0.6) is 0 Å². The van der Waals surface area contributed by atoms with Crippen LogP contribution in [-0.4, -0.2) is 67.9 Å². The molecule has 29 heavy (non-hydrogen) atoms. The third kappa shape index (κ3) is 2.81. The molecule has 2 spiro atoms. The van der Waals surface area contributed by atoms with Gasteiger partial charge in [0.15, 0.2) is 6.17 Å². The largest absolute Gasteiger partial charge is 0.481 e. The van der Waals surface area contributed by atoms with E-state index >= 15 is 0 Å². The van der Waals surface area contributed by atoms with Gasteiger partial charge in [0.1, 0.15) is 5.92 Å². The summed E-state index contributed by atoms with van der Waals surface area (Å²) in [6.45, 7) is 0.452. The molecule has 2 aliphatic carbocycles. The van der Waals surface area contributed by atoms with E-state index in [1.54, 1.807) is 0 Å². The van der Waals surface area contributed by atoms with Crippen LogP contribution in [0.4, 0.5) is 0 Å². The Bertz CT molecular complexity index is 755. The van der Waals surface area contributed by atoms with E-state index in [4.69, 9.17) is 0 Å². The van der Waals surface area contributed by atoms with Crippen LogP contribution in [-0.2, 0) is 19.2 Å². The van der Waals surface area contributed by atoms with Gasteiger partial charge in [0.05, 0.1) is 24.5 Å². The number of rotatable bonds is 4. The van der Waals surface area contributed by atoms with Crippen molar-refractivity contribution < 1.29 is 39.0 Å². The van der Waals surface area contributed by atoms with E-state index in [0.29, 0.717) is 38.6 Å². The first-order valence-corrected chi connectivity index (χ1v) is 10.6. The zero-order chi connectivity index (χ0) is 21.0. The van der Waals surface area contributed by atoms with E-state index in [0.717, 1.165) is 12.8 Å². The quantitative estimate of drug-likeness (QED) is 0.390. The highest BCUT2D eigenvalue weighted by Crippen LogP contribution is 2.60. The van der Waals surface area contributed by atoms with E-state index in [1.807, 2.05) is 0 Å². The molecule has 2 saturated carbocycles. The molecule has 2 aliphatic heterocycles. The number of carbonyl (C=O) groups excluding carboxylic acids is 2. The molecule has 2 amide bonds. The molecule has 9 nitrogen and oxygen atoms in total. The van der Waals surface area contributed by atoms with Crippen molar-refractivity contribution in [3.05, 3.63) is 0 Å². The summed E-state index contributed by atoms with van der Waals surface area (Å²) >= 11 is 0. The van der Waals surface area contributed by atoms with E-state index in [1.165, 1.54) is 0 Å². The molecule has 0 aromatic carbocycles. The molecule has 0 aromatic heterocycles. The Labute approximate surface area is 168 Å². The molecule has 4 N–H and O–H groups in total. The minimum absolute atomic E-state index is 0.1000. The predicted octanol–water partition coefficient (Wildman–Crippen LogP) is 0.455. The van der Waals surface area contributed by atoms with Crippen LogP contribution in [0.1, 0.15) is 57.8 Å². The van der Waals surface area contributed by atoms with Gasteiger partial charge in [-0.2, -0.15) is 0 Å². The predicted molar refractivity (Wildman–Crippen MR) is 98.1 cm³/mol. The molecule has 0 radical (unpaired) electrons. The van der Waals surface area contributed by atoms with Gasteiger partial charge in [-0.25, -0.2) is 9.28 Å². The fourth-order valence-corrected chi connectivity index (χ4v) is 6.49. The molecule has 7 unspecified atom stereocenters. The van der Waals surface area contributed by atoms with Crippen molar-refractivity contribution in [2.75, 3.05) is 6.54 Å². The second-order valence-electron chi connectivity index (χ2n) is 9.15. The number of hydrogen-bond acceptors (Lipinski definition) is 5. The van der Waals surface area contributed by atoms with Gasteiger partial charge in [-0.15, -0.1) is 0 Å². The Hall–Kier alpha value is -2.00. The van der Waals surface area contributed by atoms with Crippen molar-refractivity contribution >= 4 is 23.8 Å². The molecule has 7 atom stereocenters. The van der Waals surface area contributed by atoms with Crippen LogP contribution < -0.4 is 5.32 Å². The van der Waals surface area contributed by atoms with Gasteiger partial charge in [-0.1, -0.05) is 12.8 Å². The molecule has 0 bridgehead atoms. The SMILES string of the molecule is O=C(O)C1CCCCC1C(=O)NC1CCC[N+]12C(=O)C21CC(O)CCC1C(=O)O. The molecule has 2 heterocycles. The van der Waals surface area contributed by atoms with Gasteiger partial charge in [0.25, 0.3) is 0 Å². The summed E-state index contributed by atoms with van der Waals surface area (Å²) in [5, 5.41) is 32.3. The van der Waals surface area contributed by atoms with Gasteiger partial charge >= 0.3 is 17.8 Å². The fraction of sp³-hybridized carbons (Fsp3) is 0.800. The lowest BCUT2D eigenvalue weighted by atomic mass is 9.76. The summed E-state index contributed by atoms with van der Waals surface area (Å²) in [5.74, 6) is -4.76. The minimum atomic E-state index is -1.17. The number of carbonyl (C=O) groups is 4. The fourth-order valence-electron chi connectivity index (χ4n) is 6.49. The summed E-state index contributed by atoms with van der Waals surface area (Å²) in [7, 11) is 0. The van der Waals surface area contributed by atoms with Gasteiger partial charge < -0.3 is 20.6 Å². The normalized spacial score (nSPS) is 44.0. The second-order valence-corrected chi connectivity index (χ2v) is 9.15. The average molecular weight is 409 g/mol. The summed E-state index contributed by atoms with van der Waals surface area (Å²) in [5.41, 5.74) is -1.17. The minimum Gasteiger partial charge on any atom is -0.481 e. The summed E-state index contributed by atoms with van der Waals surface area (Å²) in [6.07, 6.45) is 3.21. The molecule has 160 valence electrons. The monoisotopic (exact) mass is 409 g/mol. The maximum Gasteiger partial charge on any atom is 0.379 e. The molecule has 4 rings (SSSR count). The van der Waals surface area contributed by atoms with Crippen molar-refractivity contribution in [3.63, 3.8) is 0 Å². The standard InChI is InChI=1S/C20H28N2O7/c23-11-7-8-14(18(27)28)20(10-11)19(29)22(20)9-3-6-15(22)21-16(24)12-4-1-2-5-13(12)17(25)26/h11-15,23H,1-10H2,(H2-,21,24,25,26,27,28)/p+1. The number of quaternary nitrogens is 1. The Balaban J connectivity index is 1.58. The Kier molecular flexibility index (Phi) is 4.93. The zero-order valence-corrected chi connectivity index (χ0v) is 16.4. The number of hydrogen-bond donors (Lipinski definition) is 4. The second kappa shape index (κ2) is 7.05. The van der Waals surface area contributed by atoms with Gasteiger partial charge in [-0.3, -0.25) is 14.4 Å². The Morgan fingerprint density at radius 1 is 0.931 bits per heavy atom. The van der Waals surface area contributed by atoms with Crippen molar-refractivity contribution in [2.24, 2.45) is 17.8 Å². The highest BCUT2D eigenvalue weighted by Gasteiger charge is 2.89. The smallest absolute Gasteiger partial charge is 0.379 e. The lowest BCUT2D eigenvalue weighted by Gasteiger charge is -2.34. The Morgan fingerprint density at radius 2 is 1.62 bits per heavy atom. The summed E-state index contributed by atoms with van der Waals surface area (Å²) in [4.78, 5) is 49.6. The maximum atomic E-state index is 13.2. The number of nitrogens with zero attached hydrogens (tertiary/aromatic N) is 1. The van der Waals surface area contributed by atoms with Gasteiger partial charge in [0.2, 0.25) is 11.4 Å². The molecule has 4 fully saturated rings. The number of aliphatic hydroxyl groups is 1. The summed E-state index contributed by atoms with van der Waals surface area (Å²) in [6, 6.07) is 0. The molecule has 9 heteroatoms. The zero-order valence-electron chi connectivity index (χ0n) is 16.4. The number of amides is 2. The Morgan fingerprint density at radius 3 is 2.28 bits per heavy atom. The molecule has 0 aromatic rings. The van der Waals surface area contributed by atoms with E-state index in [9.17, 15) is 34.5 Å². The van der Waals surface area contributed by atoms with E-state index in [2.05, 4.69) is 5.32 Å². The van der Waals surface area contributed by atoms with Crippen LogP contribution in [0.2, 0.25) is 0 Å². The average Bonchev–Trinajstić information content (AvgIpc) is 2.99. The van der Waals surface area contributed by atoms with Crippen molar-refractivity contribution in [1.82, 2.24) is 5.32 Å². The molecular formula is C20H29N2O7+. The third-order valence-electron chi connectivity index (χ3n) is 7.85. The van der Waals surface area contributed by atoms with E-state index in [-0.39, 0.29) is 29.1 Å². The number of carboxylic acid groups (broad SMARTS) is 2. The maximum absolute atomic E-state index is 13.2. The topological polar surface area (TPSA) is 141 Å². The first kappa shape index (κ1) is 20.3. The lowest BCUT2D eigenvalue weighted by Crippen LogP contribution is -2.56. The lowest BCUT2D eigenvalue weighted by molar-refractivity contribution is -0.816. The third-order valence-corrected chi connectivity index (χ3v) is 7.85. The number of aliphatic carboxylic acids is 2. The van der Waals surface area contributed by atoms with E-state index < -0.39 is 47.5 Å². The number of aliphatic hydroxyl groups excluding tert-OH is 1. The van der Waals surface area contributed by atoms with Crippen LogP contribution in [0.15, 0.2) is 0 Å². The van der Waals surface area contributed by atoms with Gasteiger partial charge in [0, 0.05) is 19.3 Å². The van der Waals surface area contributed by atoms with Crippen molar-refractivity contribution in [3.8, 4) is 0 Å². The molecule has 4 aliphatic rings. The van der Waals surface area contributed by atoms with Gasteiger partial charge in [-0.05, 0) is 25.7 Å². The van der Waals surface area contributed by atoms with Crippen LogP contribution in [0, 0.1) is 17.8 Å². The first-order chi connectivity index (χ1) is 13.8. The van der Waals surface area contributed by atoms with Crippen LogP contribution >= 0.6 is 0 Å². The first-order valence-electron chi connectivity index (χ1n) is 10.6. The van der Waals surface area contributed by atoms with Crippen molar-refractivity contribution in [2.45, 2.75) is 75.6 Å². The summed E-state index contributed by atoms with van der Waals surface area (Å²) < 4.78 is -0.1000. The number of nitrogens with one attached hydrogen (secondary N) is 1. The van der Waals surface area contributed by atoms with Crippen molar-refractivity contribution in [1.29, 1.82) is 0 Å². The highest BCUT2D eigenvalue weighted by atomic mass is 16.4.